The van der Waals surface area contributed by atoms with Crippen LogP contribution >= 0.6 is 11.3 Å². The zero-order chi connectivity index (χ0) is 22.7. The highest BCUT2D eigenvalue weighted by atomic mass is 32.2. The first-order valence-electron chi connectivity index (χ1n) is 9.76. The third kappa shape index (κ3) is 4.67. The lowest BCUT2D eigenvalue weighted by Gasteiger charge is -2.32. The largest absolute Gasteiger partial charge is 0.755 e. The van der Waals surface area contributed by atoms with Gasteiger partial charge in [0.1, 0.15) is 17.2 Å². The number of hydrogen-bond acceptors (Lipinski definition) is 6. The van der Waals surface area contributed by atoms with Crippen LogP contribution in [0, 0.1) is 0 Å². The minimum atomic E-state index is -2.87. The molecule has 2 N–H and O–H groups in total. The molecule has 0 fully saturated rings. The van der Waals surface area contributed by atoms with Gasteiger partial charge in [-0.2, -0.15) is 0 Å². The lowest BCUT2D eigenvalue weighted by atomic mass is 10.1. The first-order valence-corrected chi connectivity index (χ1v) is 11.7. The van der Waals surface area contributed by atoms with Gasteiger partial charge < -0.3 is 19.4 Å². The van der Waals surface area contributed by atoms with E-state index in [1.807, 2.05) is 35.7 Å². The highest BCUT2D eigenvalue weighted by Gasteiger charge is 2.28. The minimum absolute atomic E-state index is 0.132. The van der Waals surface area contributed by atoms with E-state index in [9.17, 15) is 23.5 Å². The average molecular weight is 472 g/mol. The summed E-state index contributed by atoms with van der Waals surface area (Å²) in [5, 5.41) is 15.8. The fourth-order valence-corrected chi connectivity index (χ4v) is 4.85. The summed E-state index contributed by atoms with van der Waals surface area (Å²) in [5.74, 6) is -1.69. The van der Waals surface area contributed by atoms with Crippen LogP contribution < -0.4 is 9.62 Å². The first-order chi connectivity index (χ1) is 15.4. The molecule has 0 aliphatic heterocycles. The van der Waals surface area contributed by atoms with E-state index in [0.29, 0.717) is 23.1 Å². The van der Waals surface area contributed by atoms with Gasteiger partial charge in [0, 0.05) is 33.3 Å². The summed E-state index contributed by atoms with van der Waals surface area (Å²) in [6, 6.07) is 14.3. The molecule has 2 unspecified atom stereocenters. The third-order valence-corrected chi connectivity index (χ3v) is 6.69. The molecule has 0 aliphatic carbocycles. The van der Waals surface area contributed by atoms with Gasteiger partial charge in [-0.25, -0.2) is 4.79 Å². The second kappa shape index (κ2) is 9.51. The zero-order valence-corrected chi connectivity index (χ0v) is 18.4. The Morgan fingerprint density at radius 3 is 2.62 bits per heavy atom. The van der Waals surface area contributed by atoms with Crippen molar-refractivity contribution in [2.24, 2.45) is 0 Å². The summed E-state index contributed by atoms with van der Waals surface area (Å²) < 4.78 is 30.6. The second-order valence-corrected chi connectivity index (χ2v) is 8.93. The SMILES string of the molecule is O=C(CCC(C(=O)O)N(c1ccc2oc3ccccc3c2c1)S(=O)[O-])NCc1cccs1. The first kappa shape index (κ1) is 22.0. The van der Waals surface area contributed by atoms with Gasteiger partial charge in [0.05, 0.1) is 12.2 Å². The van der Waals surface area contributed by atoms with Gasteiger partial charge in [0.15, 0.2) is 0 Å². The number of amides is 1. The molecule has 4 rings (SSSR count). The molecular weight excluding hydrogens is 452 g/mol. The molecule has 10 heteroatoms. The van der Waals surface area contributed by atoms with Crippen LogP contribution in [0.3, 0.4) is 0 Å². The topological polar surface area (TPSA) is 123 Å². The Kier molecular flexibility index (Phi) is 6.54. The van der Waals surface area contributed by atoms with Crippen molar-refractivity contribution in [3.05, 3.63) is 64.9 Å². The number of rotatable bonds is 9. The Morgan fingerprint density at radius 1 is 1.12 bits per heavy atom. The molecule has 0 spiro atoms. The smallest absolute Gasteiger partial charge is 0.327 e. The molecule has 0 bridgehead atoms. The number of fused-ring (bicyclic) bond motifs is 3. The van der Waals surface area contributed by atoms with E-state index in [4.69, 9.17) is 4.42 Å². The highest BCUT2D eigenvalue weighted by molar-refractivity contribution is 7.80. The number of nitrogens with zero attached hydrogens (tertiary/aromatic N) is 1. The van der Waals surface area contributed by atoms with Crippen LogP contribution in [0.15, 0.2) is 64.4 Å². The molecule has 2 aromatic heterocycles. The van der Waals surface area contributed by atoms with E-state index in [0.717, 1.165) is 14.6 Å². The Labute approximate surface area is 189 Å². The number of carbonyl (C=O) groups excluding carboxylic acids is 1. The Hall–Kier alpha value is -3.21. The van der Waals surface area contributed by atoms with Gasteiger partial charge >= 0.3 is 5.97 Å². The molecular formula is C22H19N2O6S2-. The summed E-state index contributed by atoms with van der Waals surface area (Å²) in [7, 11) is 0. The highest BCUT2D eigenvalue weighted by Crippen LogP contribution is 2.33. The van der Waals surface area contributed by atoms with Crippen molar-refractivity contribution in [3.63, 3.8) is 0 Å². The fraction of sp³-hybridized carbons (Fsp3) is 0.182. The van der Waals surface area contributed by atoms with Gasteiger partial charge in [0.2, 0.25) is 5.91 Å². The van der Waals surface area contributed by atoms with Gasteiger partial charge in [-0.05, 0) is 42.1 Å². The van der Waals surface area contributed by atoms with Crippen LogP contribution in [0.2, 0.25) is 0 Å². The van der Waals surface area contributed by atoms with Crippen molar-refractivity contribution < 1.29 is 27.9 Å². The van der Waals surface area contributed by atoms with E-state index < -0.39 is 23.3 Å². The van der Waals surface area contributed by atoms with E-state index in [1.54, 1.807) is 18.2 Å². The molecule has 0 aliphatic rings. The van der Waals surface area contributed by atoms with Gasteiger partial charge in [-0.15, -0.1) is 11.3 Å². The summed E-state index contributed by atoms with van der Waals surface area (Å²) in [5.41, 5.74) is 1.39. The predicted octanol–water partition coefficient (Wildman–Crippen LogP) is 3.80. The van der Waals surface area contributed by atoms with Crippen molar-refractivity contribution in [2.45, 2.75) is 25.4 Å². The number of carboxylic acids is 1. The Balaban J connectivity index is 1.56. The molecule has 2 atom stereocenters. The molecule has 2 heterocycles. The molecule has 2 aromatic carbocycles. The van der Waals surface area contributed by atoms with Gasteiger partial charge in [-0.3, -0.25) is 13.3 Å². The van der Waals surface area contributed by atoms with Crippen LogP contribution in [-0.4, -0.2) is 31.8 Å². The fourth-order valence-electron chi connectivity index (χ4n) is 3.52. The number of thiophene rings is 1. The number of carbonyl (C=O) groups is 2. The maximum atomic E-state index is 12.2. The summed E-state index contributed by atoms with van der Waals surface area (Å²) in [6.07, 6.45) is -0.309. The zero-order valence-electron chi connectivity index (χ0n) is 16.7. The van der Waals surface area contributed by atoms with Crippen LogP contribution in [0.4, 0.5) is 5.69 Å². The van der Waals surface area contributed by atoms with Crippen molar-refractivity contribution >= 4 is 62.1 Å². The van der Waals surface area contributed by atoms with Crippen LogP contribution in [-0.2, 0) is 27.4 Å². The van der Waals surface area contributed by atoms with Crippen LogP contribution in [0.25, 0.3) is 21.9 Å². The molecule has 166 valence electrons. The molecule has 8 nitrogen and oxygen atoms in total. The number of benzene rings is 2. The van der Waals surface area contributed by atoms with E-state index in [-0.39, 0.29) is 24.4 Å². The lowest BCUT2D eigenvalue weighted by Crippen LogP contribution is -2.43. The van der Waals surface area contributed by atoms with Crippen molar-refractivity contribution in [3.8, 4) is 0 Å². The monoisotopic (exact) mass is 471 g/mol. The number of aliphatic carboxylic acids is 1. The van der Waals surface area contributed by atoms with Gasteiger partial charge in [-0.1, -0.05) is 24.3 Å². The summed E-state index contributed by atoms with van der Waals surface area (Å²) in [6.45, 7) is 0.343. The second-order valence-electron chi connectivity index (χ2n) is 7.07. The normalized spacial score (nSPS) is 13.2. The van der Waals surface area contributed by atoms with Crippen molar-refractivity contribution in [2.75, 3.05) is 4.31 Å². The molecule has 32 heavy (non-hydrogen) atoms. The molecule has 0 radical (unpaired) electrons. The number of hydrogen-bond donors (Lipinski definition) is 2. The number of carboxylic acid groups (broad SMARTS) is 1. The Bertz CT molecular complexity index is 1280. The van der Waals surface area contributed by atoms with E-state index in [1.165, 1.54) is 17.4 Å². The quantitative estimate of drug-likeness (QED) is 0.358. The number of anilines is 1. The number of nitrogens with one attached hydrogen (secondary N) is 1. The molecule has 4 aromatic rings. The van der Waals surface area contributed by atoms with Crippen LogP contribution in [0.5, 0.6) is 0 Å². The van der Waals surface area contributed by atoms with Crippen LogP contribution in [0.1, 0.15) is 17.7 Å². The Morgan fingerprint density at radius 2 is 1.91 bits per heavy atom. The maximum Gasteiger partial charge on any atom is 0.327 e. The van der Waals surface area contributed by atoms with Crippen molar-refractivity contribution in [1.29, 1.82) is 0 Å². The molecule has 0 saturated heterocycles. The predicted molar refractivity (Wildman–Crippen MR) is 122 cm³/mol. The lowest BCUT2D eigenvalue weighted by molar-refractivity contribution is -0.138. The van der Waals surface area contributed by atoms with Gasteiger partial charge in [0.25, 0.3) is 0 Å². The summed E-state index contributed by atoms with van der Waals surface area (Å²) >= 11 is -1.37. The number of furan rings is 1. The van der Waals surface area contributed by atoms with E-state index >= 15 is 0 Å². The molecule has 0 saturated carbocycles. The standard InChI is InChI=1S/C22H20N2O6S2/c25-21(23-13-15-4-3-11-31-15)10-8-18(22(26)27)24(32(28)29)14-7-9-20-17(12-14)16-5-1-2-6-19(16)30-20/h1-7,9,11-12,18H,8,10,13H2,(H,23,25)(H,26,27)(H,28,29)/p-1. The van der Waals surface area contributed by atoms with Crippen molar-refractivity contribution in [1.82, 2.24) is 5.32 Å². The minimum Gasteiger partial charge on any atom is -0.755 e. The number of para-hydroxylation sites is 1. The summed E-state index contributed by atoms with van der Waals surface area (Å²) in [4.78, 5) is 25.1. The average Bonchev–Trinajstić information content (AvgIpc) is 3.42. The van der Waals surface area contributed by atoms with E-state index in [2.05, 4.69) is 5.32 Å². The third-order valence-electron chi connectivity index (χ3n) is 5.03. The molecule has 1 amide bonds. The maximum absolute atomic E-state index is 12.2.